The topological polar surface area (TPSA) is 91.3 Å². The maximum Gasteiger partial charge on any atom is 0.260 e. The molecule has 1 N–H and O–H groups in total. The van der Waals surface area contributed by atoms with E-state index < -0.39 is 15.9 Å². The van der Waals surface area contributed by atoms with Gasteiger partial charge in [-0.25, -0.2) is 13.8 Å². The standard InChI is InChI=1S/C20H26N4O4S/c1-5-28-19-12-10-18(11-13-19)24(29(4,26)27)15-20(25)22-21-14-16-6-8-17(9-7-16)23(2)3/h6-14H,5,15H2,1-4H3,(H,22,25)/b21-14-. The van der Waals surface area contributed by atoms with Crippen molar-refractivity contribution in [3.63, 3.8) is 0 Å². The van der Waals surface area contributed by atoms with Gasteiger partial charge >= 0.3 is 0 Å². The molecule has 0 spiro atoms. The van der Waals surface area contributed by atoms with Gasteiger partial charge in [0.1, 0.15) is 12.3 Å². The van der Waals surface area contributed by atoms with Crippen LogP contribution in [0.4, 0.5) is 11.4 Å². The first kappa shape index (κ1) is 22.2. The Hall–Kier alpha value is -3.07. The highest BCUT2D eigenvalue weighted by atomic mass is 32.2. The Balaban J connectivity index is 2.02. The van der Waals surface area contributed by atoms with Crippen LogP contribution in [0.15, 0.2) is 53.6 Å². The largest absolute Gasteiger partial charge is 0.494 e. The minimum atomic E-state index is -3.65. The van der Waals surface area contributed by atoms with Crippen molar-refractivity contribution in [2.75, 3.05) is 42.7 Å². The van der Waals surface area contributed by atoms with Crippen LogP contribution < -0.4 is 19.4 Å². The van der Waals surface area contributed by atoms with Gasteiger partial charge in [-0.2, -0.15) is 5.10 Å². The summed E-state index contributed by atoms with van der Waals surface area (Å²) in [5, 5.41) is 3.90. The molecule has 156 valence electrons. The summed E-state index contributed by atoms with van der Waals surface area (Å²) in [6.07, 6.45) is 2.55. The van der Waals surface area contributed by atoms with Crippen molar-refractivity contribution in [1.29, 1.82) is 0 Å². The van der Waals surface area contributed by atoms with Crippen LogP contribution in [0.25, 0.3) is 0 Å². The molecule has 0 heterocycles. The summed E-state index contributed by atoms with van der Waals surface area (Å²) in [6, 6.07) is 14.1. The second-order valence-corrected chi connectivity index (χ2v) is 8.38. The Morgan fingerprint density at radius 1 is 1.07 bits per heavy atom. The second-order valence-electron chi connectivity index (χ2n) is 6.48. The Bertz CT molecular complexity index is 939. The fourth-order valence-corrected chi connectivity index (χ4v) is 3.33. The van der Waals surface area contributed by atoms with E-state index in [1.54, 1.807) is 24.3 Å². The van der Waals surface area contributed by atoms with Crippen molar-refractivity contribution < 1.29 is 17.9 Å². The SMILES string of the molecule is CCOc1ccc(N(CC(=O)N/N=C\c2ccc(N(C)C)cc2)S(C)(=O)=O)cc1. The second kappa shape index (κ2) is 9.92. The van der Waals surface area contributed by atoms with Gasteiger partial charge in [-0.05, 0) is 48.9 Å². The number of carbonyl (C=O) groups is 1. The highest BCUT2D eigenvalue weighted by molar-refractivity contribution is 7.92. The zero-order valence-electron chi connectivity index (χ0n) is 17.0. The first-order valence-electron chi connectivity index (χ1n) is 9.00. The van der Waals surface area contributed by atoms with Crippen LogP contribution in [0, 0.1) is 0 Å². The summed E-state index contributed by atoms with van der Waals surface area (Å²) in [7, 11) is 0.238. The van der Waals surface area contributed by atoms with E-state index in [0.717, 1.165) is 21.8 Å². The summed E-state index contributed by atoms with van der Waals surface area (Å²) in [5.41, 5.74) is 4.59. The zero-order chi connectivity index (χ0) is 21.4. The van der Waals surface area contributed by atoms with E-state index in [9.17, 15) is 13.2 Å². The molecule has 0 aliphatic heterocycles. The van der Waals surface area contributed by atoms with Crippen LogP contribution in [0.1, 0.15) is 12.5 Å². The molecule has 2 rings (SSSR count). The number of hydrogen-bond donors (Lipinski definition) is 1. The van der Waals surface area contributed by atoms with Gasteiger partial charge in [-0.1, -0.05) is 12.1 Å². The highest BCUT2D eigenvalue weighted by Gasteiger charge is 2.20. The number of amides is 1. The third-order valence-corrected chi connectivity index (χ3v) is 5.08. The van der Waals surface area contributed by atoms with E-state index in [0.29, 0.717) is 18.0 Å². The van der Waals surface area contributed by atoms with Crippen molar-refractivity contribution in [3.8, 4) is 5.75 Å². The normalized spacial score (nSPS) is 11.3. The van der Waals surface area contributed by atoms with Crippen LogP contribution in [0.5, 0.6) is 5.75 Å². The lowest BCUT2D eigenvalue weighted by molar-refractivity contribution is -0.119. The fourth-order valence-electron chi connectivity index (χ4n) is 2.48. The molecule has 0 aliphatic rings. The Morgan fingerprint density at radius 2 is 1.66 bits per heavy atom. The number of rotatable bonds is 9. The van der Waals surface area contributed by atoms with Gasteiger partial charge in [0.2, 0.25) is 10.0 Å². The predicted molar refractivity (Wildman–Crippen MR) is 116 cm³/mol. The molecule has 1 amide bonds. The van der Waals surface area contributed by atoms with Gasteiger partial charge in [0.25, 0.3) is 5.91 Å². The van der Waals surface area contributed by atoms with Gasteiger partial charge < -0.3 is 9.64 Å². The molecule has 0 bridgehead atoms. The van der Waals surface area contributed by atoms with Crippen molar-refractivity contribution in [2.45, 2.75) is 6.92 Å². The number of nitrogens with one attached hydrogen (secondary N) is 1. The fraction of sp³-hybridized carbons (Fsp3) is 0.300. The molecule has 0 unspecified atom stereocenters. The summed E-state index contributed by atoms with van der Waals surface area (Å²) >= 11 is 0. The quantitative estimate of drug-likeness (QED) is 0.497. The highest BCUT2D eigenvalue weighted by Crippen LogP contribution is 2.21. The number of sulfonamides is 1. The number of ether oxygens (including phenoxy) is 1. The molecule has 2 aromatic carbocycles. The van der Waals surface area contributed by atoms with E-state index in [1.165, 1.54) is 6.21 Å². The third kappa shape index (κ3) is 6.79. The van der Waals surface area contributed by atoms with Gasteiger partial charge in [0.05, 0.1) is 24.8 Å². The van der Waals surface area contributed by atoms with Crippen LogP contribution in [-0.2, 0) is 14.8 Å². The lowest BCUT2D eigenvalue weighted by atomic mass is 10.2. The van der Waals surface area contributed by atoms with Crippen LogP contribution >= 0.6 is 0 Å². The number of benzene rings is 2. The molecule has 0 saturated heterocycles. The summed E-state index contributed by atoms with van der Waals surface area (Å²) in [6.45, 7) is 1.98. The molecule has 8 nitrogen and oxygen atoms in total. The van der Waals surface area contributed by atoms with Gasteiger partial charge in [-0.3, -0.25) is 9.10 Å². The molecule has 0 atom stereocenters. The van der Waals surface area contributed by atoms with Gasteiger partial charge in [0.15, 0.2) is 0 Å². The molecule has 0 radical (unpaired) electrons. The molecule has 0 aliphatic carbocycles. The minimum Gasteiger partial charge on any atom is -0.494 e. The maximum atomic E-state index is 12.2. The Labute approximate surface area is 171 Å². The molecular weight excluding hydrogens is 392 g/mol. The first-order chi connectivity index (χ1) is 13.7. The van der Waals surface area contributed by atoms with E-state index in [2.05, 4.69) is 10.5 Å². The van der Waals surface area contributed by atoms with Crippen LogP contribution in [0.2, 0.25) is 0 Å². The summed E-state index contributed by atoms with van der Waals surface area (Å²) in [5.74, 6) is 0.0736. The average Bonchev–Trinajstić information content (AvgIpc) is 2.67. The van der Waals surface area contributed by atoms with Crippen molar-refractivity contribution >= 4 is 33.5 Å². The molecule has 0 fully saturated rings. The third-order valence-electron chi connectivity index (χ3n) is 3.94. The van der Waals surface area contributed by atoms with Crippen LogP contribution in [-0.4, -0.2) is 54.0 Å². The first-order valence-corrected chi connectivity index (χ1v) is 10.9. The average molecular weight is 419 g/mol. The van der Waals surface area contributed by atoms with Crippen molar-refractivity contribution in [3.05, 3.63) is 54.1 Å². The van der Waals surface area contributed by atoms with Gasteiger partial charge in [0, 0.05) is 19.8 Å². The summed E-state index contributed by atoms with van der Waals surface area (Å²) < 4.78 is 30.6. The van der Waals surface area contributed by atoms with Crippen molar-refractivity contribution in [2.24, 2.45) is 5.10 Å². The Kier molecular flexibility index (Phi) is 7.60. The molecule has 29 heavy (non-hydrogen) atoms. The molecule has 9 heteroatoms. The number of anilines is 2. The number of hydrogen-bond acceptors (Lipinski definition) is 6. The zero-order valence-corrected chi connectivity index (χ0v) is 17.8. The molecular formula is C20H26N4O4S. The van der Waals surface area contributed by atoms with E-state index in [4.69, 9.17) is 4.74 Å². The lowest BCUT2D eigenvalue weighted by Crippen LogP contribution is -2.39. The molecule has 0 saturated carbocycles. The van der Waals surface area contributed by atoms with E-state index in [1.807, 2.05) is 50.2 Å². The Morgan fingerprint density at radius 3 is 2.17 bits per heavy atom. The molecule has 2 aromatic rings. The van der Waals surface area contributed by atoms with E-state index >= 15 is 0 Å². The lowest BCUT2D eigenvalue weighted by Gasteiger charge is -2.21. The smallest absolute Gasteiger partial charge is 0.260 e. The summed E-state index contributed by atoms with van der Waals surface area (Å²) in [4.78, 5) is 14.2. The van der Waals surface area contributed by atoms with Crippen LogP contribution in [0.3, 0.4) is 0 Å². The van der Waals surface area contributed by atoms with Crippen molar-refractivity contribution in [1.82, 2.24) is 5.43 Å². The predicted octanol–water partition coefficient (Wildman–Crippen LogP) is 2.07. The van der Waals surface area contributed by atoms with Gasteiger partial charge in [-0.15, -0.1) is 0 Å². The number of nitrogens with zero attached hydrogens (tertiary/aromatic N) is 3. The minimum absolute atomic E-state index is 0.370. The number of carbonyl (C=O) groups excluding carboxylic acids is 1. The maximum absolute atomic E-state index is 12.2. The number of hydrazone groups is 1. The van der Waals surface area contributed by atoms with E-state index in [-0.39, 0.29) is 6.54 Å². The monoisotopic (exact) mass is 418 g/mol. The molecule has 0 aromatic heterocycles.